The second-order valence-corrected chi connectivity index (χ2v) is 6.32. The predicted molar refractivity (Wildman–Crippen MR) is 79.5 cm³/mol. The number of ketones is 1. The molecule has 20 heavy (non-hydrogen) atoms. The molecule has 0 saturated carbocycles. The maximum Gasteiger partial charge on any atom is 0.167 e. The Bertz CT molecular complexity index is 521. The number of halogens is 2. The van der Waals surface area contributed by atoms with Crippen molar-refractivity contribution in [3.63, 3.8) is 0 Å². The van der Waals surface area contributed by atoms with Crippen LogP contribution in [-0.2, 0) is 16.0 Å². The van der Waals surface area contributed by atoms with Crippen LogP contribution in [0.25, 0.3) is 0 Å². The van der Waals surface area contributed by atoms with E-state index in [4.69, 9.17) is 27.9 Å². The fraction of sp³-hybridized carbons (Fsp3) is 0.533. The molecule has 3 nitrogen and oxygen atoms in total. The van der Waals surface area contributed by atoms with Crippen LogP contribution in [0.1, 0.15) is 18.4 Å². The monoisotopic (exact) mass is 313 g/mol. The van der Waals surface area contributed by atoms with E-state index in [9.17, 15) is 4.79 Å². The van der Waals surface area contributed by atoms with Gasteiger partial charge in [0, 0.05) is 19.0 Å². The lowest BCUT2D eigenvalue weighted by molar-refractivity contribution is -0.137. The van der Waals surface area contributed by atoms with E-state index in [1.54, 1.807) is 12.1 Å². The third-order valence-electron chi connectivity index (χ3n) is 4.11. The molecule has 0 amide bonds. The van der Waals surface area contributed by atoms with Crippen molar-refractivity contribution in [2.45, 2.75) is 31.4 Å². The lowest BCUT2D eigenvalue weighted by atomic mass is 10.0. The van der Waals surface area contributed by atoms with Crippen LogP contribution >= 0.6 is 23.2 Å². The van der Waals surface area contributed by atoms with Crippen LogP contribution in [0.15, 0.2) is 18.2 Å². The second-order valence-electron chi connectivity index (χ2n) is 5.50. The van der Waals surface area contributed by atoms with Gasteiger partial charge in [0.25, 0.3) is 0 Å². The molecule has 108 valence electrons. The van der Waals surface area contributed by atoms with Gasteiger partial charge in [-0.2, -0.15) is 0 Å². The molecule has 0 spiro atoms. The normalized spacial score (nSPS) is 26.5. The molecular weight excluding hydrogens is 297 g/mol. The van der Waals surface area contributed by atoms with Gasteiger partial charge in [-0.25, -0.2) is 0 Å². The van der Waals surface area contributed by atoms with Crippen LogP contribution in [0.4, 0.5) is 0 Å². The molecule has 3 rings (SSSR count). The molecular formula is C15H17Cl2NO2. The first-order valence-electron chi connectivity index (χ1n) is 6.96. The second kappa shape index (κ2) is 6.02. The van der Waals surface area contributed by atoms with Gasteiger partial charge in [-0.1, -0.05) is 29.3 Å². The number of rotatable bonds is 3. The number of benzene rings is 1. The van der Waals surface area contributed by atoms with E-state index in [2.05, 4.69) is 4.90 Å². The summed E-state index contributed by atoms with van der Waals surface area (Å²) in [5.41, 5.74) is 0.886. The number of hydrogen-bond acceptors (Lipinski definition) is 3. The number of carbonyl (C=O) groups is 1. The highest BCUT2D eigenvalue weighted by molar-refractivity contribution is 6.42. The highest BCUT2D eigenvalue weighted by atomic mass is 35.5. The summed E-state index contributed by atoms with van der Waals surface area (Å²) < 4.78 is 5.73. The molecule has 0 N–H and O–H groups in total. The number of Topliss-reactive ketones (excluding diaryl/α,β-unsaturated/α-hetero) is 1. The Morgan fingerprint density at radius 2 is 2.20 bits per heavy atom. The summed E-state index contributed by atoms with van der Waals surface area (Å²) in [4.78, 5) is 14.7. The van der Waals surface area contributed by atoms with Crippen molar-refractivity contribution in [1.29, 1.82) is 0 Å². The van der Waals surface area contributed by atoms with Gasteiger partial charge in [0.2, 0.25) is 0 Å². The van der Waals surface area contributed by atoms with E-state index in [0.29, 0.717) is 29.1 Å². The van der Waals surface area contributed by atoms with Crippen LogP contribution < -0.4 is 0 Å². The predicted octanol–water partition coefficient (Wildman–Crippen LogP) is 2.97. The Morgan fingerprint density at radius 1 is 1.35 bits per heavy atom. The molecule has 2 fully saturated rings. The summed E-state index contributed by atoms with van der Waals surface area (Å²) in [5.74, 6) is 0.119. The highest BCUT2D eigenvalue weighted by Gasteiger charge is 2.35. The highest BCUT2D eigenvalue weighted by Crippen LogP contribution is 2.25. The fourth-order valence-electron chi connectivity index (χ4n) is 2.98. The zero-order chi connectivity index (χ0) is 14.1. The van der Waals surface area contributed by atoms with E-state index >= 15 is 0 Å². The molecule has 1 aromatic carbocycles. The van der Waals surface area contributed by atoms with E-state index < -0.39 is 0 Å². The number of hydrogen-bond donors (Lipinski definition) is 0. The quantitative estimate of drug-likeness (QED) is 0.859. The third kappa shape index (κ3) is 3.01. The smallest absolute Gasteiger partial charge is 0.167 e. The number of morpholine rings is 1. The zero-order valence-electron chi connectivity index (χ0n) is 11.1. The van der Waals surface area contributed by atoms with Gasteiger partial charge in [-0.05, 0) is 37.1 Å². The average molecular weight is 314 g/mol. The van der Waals surface area contributed by atoms with Crippen molar-refractivity contribution in [3.8, 4) is 0 Å². The Morgan fingerprint density at radius 3 is 3.00 bits per heavy atom. The minimum Gasteiger partial charge on any atom is -0.367 e. The molecule has 2 unspecified atom stereocenters. The van der Waals surface area contributed by atoms with Crippen LogP contribution in [0, 0.1) is 0 Å². The first-order valence-corrected chi connectivity index (χ1v) is 7.71. The summed E-state index contributed by atoms with van der Waals surface area (Å²) in [6, 6.07) is 5.84. The first-order chi connectivity index (χ1) is 9.63. The average Bonchev–Trinajstić information content (AvgIpc) is 2.90. The first kappa shape index (κ1) is 14.3. The SMILES string of the molecule is O=C(Cc1ccc(Cl)c(Cl)c1)C1CN2CCCC2CO1. The van der Waals surface area contributed by atoms with Gasteiger partial charge in [0.15, 0.2) is 5.78 Å². The van der Waals surface area contributed by atoms with Crippen molar-refractivity contribution in [1.82, 2.24) is 4.90 Å². The number of nitrogens with zero attached hydrogens (tertiary/aromatic N) is 1. The largest absolute Gasteiger partial charge is 0.367 e. The Labute approximate surface area is 128 Å². The molecule has 0 aliphatic carbocycles. The van der Waals surface area contributed by atoms with Gasteiger partial charge < -0.3 is 4.74 Å². The maximum absolute atomic E-state index is 12.3. The molecule has 5 heteroatoms. The fourth-order valence-corrected chi connectivity index (χ4v) is 3.30. The minimum absolute atomic E-state index is 0.119. The van der Waals surface area contributed by atoms with E-state index in [1.807, 2.05) is 6.07 Å². The van der Waals surface area contributed by atoms with Crippen LogP contribution in [0.2, 0.25) is 10.0 Å². The van der Waals surface area contributed by atoms with Gasteiger partial charge >= 0.3 is 0 Å². The van der Waals surface area contributed by atoms with Gasteiger partial charge in [-0.15, -0.1) is 0 Å². The molecule has 2 atom stereocenters. The minimum atomic E-state index is -0.307. The van der Waals surface area contributed by atoms with Crippen LogP contribution in [-0.4, -0.2) is 42.5 Å². The van der Waals surface area contributed by atoms with E-state index in [1.165, 1.54) is 12.8 Å². The molecule has 1 aromatic rings. The third-order valence-corrected chi connectivity index (χ3v) is 4.85. The Balaban J connectivity index is 1.62. The molecule has 0 radical (unpaired) electrons. The van der Waals surface area contributed by atoms with Gasteiger partial charge in [0.1, 0.15) is 6.10 Å². The van der Waals surface area contributed by atoms with E-state index in [-0.39, 0.29) is 11.9 Å². The molecule has 0 bridgehead atoms. The number of ether oxygens (including phenoxy) is 1. The van der Waals surface area contributed by atoms with E-state index in [0.717, 1.165) is 18.7 Å². The molecule has 2 heterocycles. The molecule has 2 saturated heterocycles. The van der Waals surface area contributed by atoms with Crippen molar-refractivity contribution >= 4 is 29.0 Å². The van der Waals surface area contributed by atoms with Crippen LogP contribution in [0.5, 0.6) is 0 Å². The topological polar surface area (TPSA) is 29.5 Å². The Kier molecular flexibility index (Phi) is 4.32. The molecule has 2 aliphatic rings. The lowest BCUT2D eigenvalue weighted by Crippen LogP contribution is -2.49. The van der Waals surface area contributed by atoms with Crippen molar-refractivity contribution in [2.24, 2.45) is 0 Å². The summed E-state index contributed by atoms with van der Waals surface area (Å²) in [7, 11) is 0. The van der Waals surface area contributed by atoms with Gasteiger partial charge in [-0.3, -0.25) is 9.69 Å². The summed E-state index contributed by atoms with van der Waals surface area (Å²) in [6.45, 7) is 2.49. The van der Waals surface area contributed by atoms with Crippen molar-refractivity contribution < 1.29 is 9.53 Å². The zero-order valence-corrected chi connectivity index (χ0v) is 12.7. The van der Waals surface area contributed by atoms with Crippen LogP contribution in [0.3, 0.4) is 0 Å². The Hall–Kier alpha value is -0.610. The standard InChI is InChI=1S/C15H17Cl2NO2/c16-12-4-3-10(6-13(12)17)7-14(19)15-8-18-5-1-2-11(18)9-20-15/h3-4,6,11,15H,1-2,5,7-9H2. The molecule has 2 aliphatic heterocycles. The maximum atomic E-state index is 12.3. The summed E-state index contributed by atoms with van der Waals surface area (Å²) >= 11 is 11.9. The number of fused-ring (bicyclic) bond motifs is 1. The summed E-state index contributed by atoms with van der Waals surface area (Å²) in [6.07, 6.45) is 2.44. The van der Waals surface area contributed by atoms with Gasteiger partial charge in [0.05, 0.1) is 16.7 Å². The van der Waals surface area contributed by atoms with Crippen molar-refractivity contribution in [3.05, 3.63) is 33.8 Å². The number of carbonyl (C=O) groups excluding carboxylic acids is 1. The lowest BCUT2D eigenvalue weighted by Gasteiger charge is -2.34. The van der Waals surface area contributed by atoms with Crippen molar-refractivity contribution in [2.75, 3.05) is 19.7 Å². The summed E-state index contributed by atoms with van der Waals surface area (Å²) in [5, 5.41) is 0.998. The molecule has 0 aromatic heterocycles.